The molecule has 0 saturated carbocycles. The number of aryl methyl sites for hydroxylation is 1. The van der Waals surface area contributed by atoms with Crippen LogP contribution in [0.2, 0.25) is 0 Å². The molecule has 1 aromatic rings. The van der Waals surface area contributed by atoms with E-state index in [0.717, 1.165) is 44.2 Å². The minimum atomic E-state index is 0.259. The van der Waals surface area contributed by atoms with Crippen molar-refractivity contribution in [1.29, 1.82) is 0 Å². The number of nitrogens with zero attached hydrogens (tertiary/aromatic N) is 1. The number of hydrogen-bond donors (Lipinski definition) is 1. The zero-order chi connectivity index (χ0) is 17.1. The van der Waals surface area contributed by atoms with Crippen molar-refractivity contribution in [3.63, 3.8) is 0 Å². The third-order valence-electron chi connectivity index (χ3n) is 4.00. The van der Waals surface area contributed by atoms with Crippen LogP contribution in [-0.4, -0.2) is 44.5 Å². The Hall–Kier alpha value is -0.705. The molecule has 0 fully saturated rings. The predicted octanol–water partition coefficient (Wildman–Crippen LogP) is 3.25. The fourth-order valence-electron chi connectivity index (χ4n) is 2.68. The van der Waals surface area contributed by atoms with Gasteiger partial charge in [0.05, 0.1) is 6.19 Å². The van der Waals surface area contributed by atoms with Crippen LogP contribution in [0.3, 0.4) is 0 Å². The molecule has 1 atom stereocenters. The van der Waals surface area contributed by atoms with Gasteiger partial charge in [-0.25, -0.2) is 0 Å². The fourth-order valence-corrected chi connectivity index (χ4v) is 3.09. The topological polar surface area (TPSA) is 32.3 Å². The summed E-state index contributed by atoms with van der Waals surface area (Å²) >= 11 is 11.8. The number of carbonyl (C=O) groups is 1. The van der Waals surface area contributed by atoms with E-state index < -0.39 is 0 Å². The Kier molecular flexibility index (Phi) is 10.4. The summed E-state index contributed by atoms with van der Waals surface area (Å²) in [5.74, 6) is 1.16. The number of nitrogens with one attached hydrogen (secondary N) is 1. The van der Waals surface area contributed by atoms with Gasteiger partial charge < -0.3 is 14.9 Å². The van der Waals surface area contributed by atoms with Crippen LogP contribution in [0, 0.1) is 0 Å². The first-order chi connectivity index (χ1) is 11.2. The highest BCUT2D eigenvalue weighted by molar-refractivity contribution is 6.64. The number of rotatable bonds is 12. The van der Waals surface area contributed by atoms with Gasteiger partial charge in [0.1, 0.15) is 0 Å². The van der Waals surface area contributed by atoms with E-state index in [4.69, 9.17) is 23.2 Å². The summed E-state index contributed by atoms with van der Waals surface area (Å²) in [4.78, 5) is 12.8. The second-order valence-corrected chi connectivity index (χ2v) is 6.21. The van der Waals surface area contributed by atoms with Crippen molar-refractivity contribution < 1.29 is 4.79 Å². The molecule has 0 spiro atoms. The number of anilines is 1. The maximum Gasteiger partial charge on any atom is 0.290 e. The van der Waals surface area contributed by atoms with Crippen LogP contribution in [0.1, 0.15) is 31.4 Å². The average molecular weight is 356 g/mol. The maximum atomic E-state index is 10.5. The van der Waals surface area contributed by atoms with Gasteiger partial charge in [0.2, 0.25) is 0 Å². The molecule has 0 aromatic heterocycles. The van der Waals surface area contributed by atoms with E-state index in [1.807, 2.05) is 0 Å². The van der Waals surface area contributed by atoms with E-state index in [2.05, 4.69) is 42.2 Å². The van der Waals surface area contributed by atoms with Gasteiger partial charge in [0, 0.05) is 36.6 Å². The molecule has 1 radical (unpaired) electrons. The molecule has 127 valence electrons. The Morgan fingerprint density at radius 2 is 1.91 bits per heavy atom. The van der Waals surface area contributed by atoms with Crippen LogP contribution in [0.4, 0.5) is 5.69 Å². The molecule has 1 rings (SSSR count). The molecule has 0 bridgehead atoms. The smallest absolute Gasteiger partial charge is 0.290 e. The zero-order valence-electron chi connectivity index (χ0n) is 14.0. The number of halogens is 2. The molecule has 0 unspecified atom stereocenters. The van der Waals surface area contributed by atoms with Gasteiger partial charge in [0.15, 0.2) is 0 Å². The fraction of sp³-hybridized carbons (Fsp3) is 0.588. The highest BCUT2D eigenvalue weighted by Crippen LogP contribution is 2.22. The molecule has 23 heavy (non-hydrogen) atoms. The minimum Gasteiger partial charge on any atom is -0.369 e. The number of hydrogen-bond acceptors (Lipinski definition) is 3. The summed E-state index contributed by atoms with van der Waals surface area (Å²) in [6.45, 7) is 5.86. The van der Waals surface area contributed by atoms with Crippen LogP contribution in [-0.2, 0) is 17.6 Å². The van der Waals surface area contributed by atoms with Crippen molar-refractivity contribution in [3.05, 3.63) is 29.3 Å². The second-order valence-electron chi connectivity index (χ2n) is 5.45. The van der Waals surface area contributed by atoms with Crippen molar-refractivity contribution in [2.24, 2.45) is 0 Å². The summed E-state index contributed by atoms with van der Waals surface area (Å²) in [7, 11) is 1.48. The summed E-state index contributed by atoms with van der Waals surface area (Å²) in [5.41, 5.74) is 3.82. The molecule has 1 N–H and O–H groups in total. The first-order valence-corrected chi connectivity index (χ1v) is 9.28. The lowest BCUT2D eigenvalue weighted by molar-refractivity contribution is 0.562. The third-order valence-corrected chi connectivity index (χ3v) is 4.34. The molecule has 0 aliphatic carbocycles. The lowest BCUT2D eigenvalue weighted by atomic mass is 9.91. The van der Waals surface area contributed by atoms with E-state index in [1.165, 1.54) is 18.5 Å². The molecule has 0 aliphatic rings. The summed E-state index contributed by atoms with van der Waals surface area (Å²) in [6, 6.07) is 6.84. The monoisotopic (exact) mass is 355 g/mol. The minimum absolute atomic E-state index is 0.259. The first-order valence-electron chi connectivity index (χ1n) is 8.21. The lowest BCUT2D eigenvalue weighted by Crippen LogP contribution is -2.34. The third kappa shape index (κ3) is 6.74. The van der Waals surface area contributed by atoms with Crippen molar-refractivity contribution in [2.45, 2.75) is 39.2 Å². The number of carbonyl (C=O) groups excluding carboxylic acids is 1. The second kappa shape index (κ2) is 11.8. The van der Waals surface area contributed by atoms with Gasteiger partial charge in [-0.2, -0.15) is 0 Å². The van der Waals surface area contributed by atoms with Gasteiger partial charge in [-0.15, -0.1) is 23.2 Å². The van der Waals surface area contributed by atoms with Gasteiger partial charge >= 0.3 is 0 Å². The maximum absolute atomic E-state index is 10.5. The highest BCUT2D eigenvalue weighted by atomic mass is 35.5. The molecule has 0 heterocycles. The van der Waals surface area contributed by atoms with Crippen molar-refractivity contribution >= 4 is 42.5 Å². The van der Waals surface area contributed by atoms with Crippen molar-refractivity contribution in [1.82, 2.24) is 5.23 Å². The first kappa shape index (κ1) is 20.3. The Labute approximate surface area is 151 Å². The van der Waals surface area contributed by atoms with Crippen LogP contribution in [0.25, 0.3) is 0 Å². The highest BCUT2D eigenvalue weighted by Gasteiger charge is 2.13. The normalized spacial score (nSPS) is 12.0. The largest absolute Gasteiger partial charge is 0.369 e. The van der Waals surface area contributed by atoms with E-state index in [0.29, 0.717) is 11.8 Å². The standard InChI is InChI=1S/C17H26BCl2N2O/c1-3-14-5-6-17(22(9-7-19)10-8-20)12-15(14)11-16(4-2)21-18-13-23/h5-6,12-13,16,21H,3-4,7-11H2,1-2H3/t16-/m1/s1. The van der Waals surface area contributed by atoms with Crippen LogP contribution in [0.15, 0.2) is 18.2 Å². The van der Waals surface area contributed by atoms with E-state index in [9.17, 15) is 4.79 Å². The summed E-state index contributed by atoms with van der Waals surface area (Å²) < 4.78 is 0. The molecular formula is C17H26BCl2N2O. The van der Waals surface area contributed by atoms with E-state index in [1.54, 1.807) is 0 Å². The van der Waals surface area contributed by atoms with Crippen molar-refractivity contribution in [2.75, 3.05) is 29.7 Å². The molecular weight excluding hydrogens is 330 g/mol. The summed E-state index contributed by atoms with van der Waals surface area (Å²) in [6.07, 6.45) is 3.65. The molecule has 3 nitrogen and oxygen atoms in total. The number of benzene rings is 1. The van der Waals surface area contributed by atoms with Gasteiger partial charge in [-0.1, -0.05) is 19.9 Å². The summed E-state index contributed by atoms with van der Waals surface area (Å²) in [5, 5.41) is 3.17. The van der Waals surface area contributed by atoms with E-state index in [-0.39, 0.29) is 6.04 Å². The van der Waals surface area contributed by atoms with Gasteiger partial charge in [-0.05, 0) is 42.5 Å². The molecule has 1 aromatic carbocycles. The molecule has 0 amide bonds. The molecule has 0 aliphatic heterocycles. The predicted molar refractivity (Wildman–Crippen MR) is 103 cm³/mol. The Bertz CT molecular complexity index is 468. The van der Waals surface area contributed by atoms with Crippen LogP contribution >= 0.6 is 23.2 Å². The van der Waals surface area contributed by atoms with E-state index >= 15 is 0 Å². The number of alkyl halides is 2. The SMILES string of the molecule is CCc1ccc(N(CCCl)CCCl)cc1C[C@@H](CC)N[B]C=O. The Morgan fingerprint density at radius 1 is 1.22 bits per heavy atom. The molecule has 0 saturated heterocycles. The molecule has 6 heteroatoms. The van der Waals surface area contributed by atoms with Crippen LogP contribution < -0.4 is 10.1 Å². The zero-order valence-corrected chi connectivity index (χ0v) is 15.5. The quantitative estimate of drug-likeness (QED) is 0.355. The average Bonchev–Trinajstić information content (AvgIpc) is 2.58. The van der Waals surface area contributed by atoms with Crippen LogP contribution in [0.5, 0.6) is 0 Å². The van der Waals surface area contributed by atoms with Gasteiger partial charge in [0.25, 0.3) is 7.41 Å². The van der Waals surface area contributed by atoms with Crippen molar-refractivity contribution in [3.8, 4) is 0 Å². The van der Waals surface area contributed by atoms with Gasteiger partial charge in [-0.3, -0.25) is 0 Å². The lowest BCUT2D eigenvalue weighted by Gasteiger charge is -2.25. The Balaban J connectivity index is 2.98. The Morgan fingerprint density at radius 3 is 2.43 bits per heavy atom.